The maximum atomic E-state index is 11.6. The van der Waals surface area contributed by atoms with Crippen molar-refractivity contribution in [3.8, 4) is 5.75 Å². The number of allylic oxidation sites excluding steroid dienone is 1. The molecule has 0 fully saturated rings. The molecule has 0 aliphatic rings. The van der Waals surface area contributed by atoms with Crippen molar-refractivity contribution < 1.29 is 19.4 Å². The van der Waals surface area contributed by atoms with Gasteiger partial charge in [-0.25, -0.2) is 4.79 Å². The molecule has 0 bridgehead atoms. The zero-order valence-corrected chi connectivity index (χ0v) is 12.9. The average Bonchev–Trinajstić information content (AvgIpc) is 2.28. The molecule has 1 aromatic carbocycles. The summed E-state index contributed by atoms with van der Waals surface area (Å²) >= 11 is 5.56. The molecule has 0 unspecified atom stereocenters. The van der Waals surface area contributed by atoms with Gasteiger partial charge in [0.1, 0.15) is 5.75 Å². The SMILES string of the molecule is CCOc1ccc(C(=O)/C(Cl)=C/C(=O)O)cc1.[Na]. The monoisotopic (exact) mass is 277 g/mol. The van der Waals surface area contributed by atoms with Crippen LogP contribution in [0.15, 0.2) is 35.4 Å². The molecule has 0 aliphatic heterocycles. The molecule has 0 spiro atoms. The van der Waals surface area contributed by atoms with Crippen LogP contribution in [-0.4, -0.2) is 53.0 Å². The van der Waals surface area contributed by atoms with Crippen molar-refractivity contribution in [2.45, 2.75) is 6.92 Å². The van der Waals surface area contributed by atoms with Crippen LogP contribution in [0.1, 0.15) is 17.3 Å². The molecule has 0 aromatic heterocycles. The van der Waals surface area contributed by atoms with E-state index in [1.165, 1.54) is 12.1 Å². The second kappa shape index (κ2) is 8.32. The third-order valence-electron chi connectivity index (χ3n) is 1.89. The number of benzene rings is 1. The van der Waals surface area contributed by atoms with Crippen molar-refractivity contribution in [2.75, 3.05) is 6.61 Å². The Morgan fingerprint density at radius 3 is 2.33 bits per heavy atom. The van der Waals surface area contributed by atoms with Gasteiger partial charge in [0.15, 0.2) is 0 Å². The summed E-state index contributed by atoms with van der Waals surface area (Å²) in [5, 5.41) is 8.13. The standard InChI is InChI=1S/C12H11ClO4.Na/c1-2-17-9-5-3-8(4-6-9)12(16)10(13)7-11(14)15;/h3-7H,2H2,1H3,(H,14,15);/b10-7-;. The third-order valence-corrected chi connectivity index (χ3v) is 2.18. The molecule has 1 N–H and O–H groups in total. The van der Waals surface area contributed by atoms with Crippen LogP contribution in [0.4, 0.5) is 0 Å². The zero-order chi connectivity index (χ0) is 12.8. The number of carbonyl (C=O) groups excluding carboxylic acids is 1. The minimum absolute atomic E-state index is 0. The molecule has 0 saturated carbocycles. The number of rotatable bonds is 5. The summed E-state index contributed by atoms with van der Waals surface area (Å²) in [5.41, 5.74) is 0.316. The number of carboxylic acid groups (broad SMARTS) is 1. The number of ether oxygens (including phenoxy) is 1. The van der Waals surface area contributed by atoms with E-state index in [2.05, 4.69) is 0 Å². The number of ketones is 1. The second-order valence-electron chi connectivity index (χ2n) is 3.12. The van der Waals surface area contributed by atoms with Gasteiger partial charge < -0.3 is 9.84 Å². The summed E-state index contributed by atoms with van der Waals surface area (Å²) in [5.74, 6) is -1.14. The van der Waals surface area contributed by atoms with E-state index in [1.54, 1.807) is 12.1 Å². The molecule has 91 valence electrons. The van der Waals surface area contributed by atoms with Gasteiger partial charge in [-0.2, -0.15) is 0 Å². The van der Waals surface area contributed by atoms with E-state index >= 15 is 0 Å². The fourth-order valence-corrected chi connectivity index (χ4v) is 1.38. The topological polar surface area (TPSA) is 63.6 Å². The molecule has 0 saturated heterocycles. The first kappa shape index (κ1) is 17.2. The second-order valence-corrected chi connectivity index (χ2v) is 3.52. The first-order valence-electron chi connectivity index (χ1n) is 4.92. The van der Waals surface area contributed by atoms with Crippen LogP contribution < -0.4 is 4.74 Å². The molecule has 1 rings (SSSR count). The molecule has 6 heteroatoms. The molecule has 1 aromatic rings. The van der Waals surface area contributed by atoms with Gasteiger partial charge in [0, 0.05) is 41.2 Å². The molecule has 0 amide bonds. The van der Waals surface area contributed by atoms with Gasteiger partial charge in [0.2, 0.25) is 5.78 Å². The van der Waals surface area contributed by atoms with E-state index in [0.29, 0.717) is 24.0 Å². The van der Waals surface area contributed by atoms with E-state index in [1.807, 2.05) is 6.92 Å². The Morgan fingerprint density at radius 1 is 1.33 bits per heavy atom. The summed E-state index contributed by atoms with van der Waals surface area (Å²) in [6.45, 7) is 2.39. The minimum atomic E-state index is -1.26. The Labute approximate surface area is 132 Å². The molecule has 4 nitrogen and oxygen atoms in total. The first-order chi connectivity index (χ1) is 8.04. The van der Waals surface area contributed by atoms with Gasteiger partial charge in [-0.1, -0.05) is 11.6 Å². The van der Waals surface area contributed by atoms with Crippen molar-refractivity contribution in [3.05, 3.63) is 40.9 Å². The molecule has 18 heavy (non-hydrogen) atoms. The summed E-state index contributed by atoms with van der Waals surface area (Å²) in [6, 6.07) is 6.32. The van der Waals surface area contributed by atoms with E-state index in [9.17, 15) is 9.59 Å². The molecule has 0 heterocycles. The van der Waals surface area contributed by atoms with E-state index < -0.39 is 11.8 Å². The van der Waals surface area contributed by atoms with Crippen molar-refractivity contribution >= 4 is 52.9 Å². The molecular formula is C12H11ClNaO4. The van der Waals surface area contributed by atoms with Gasteiger partial charge in [-0.15, -0.1) is 0 Å². The van der Waals surface area contributed by atoms with Crippen LogP contribution in [0, 0.1) is 0 Å². The Bertz CT molecular complexity index is 454. The maximum Gasteiger partial charge on any atom is 0.329 e. The number of halogens is 1. The predicted octanol–water partition coefficient (Wildman–Crippen LogP) is 2.09. The van der Waals surface area contributed by atoms with Crippen molar-refractivity contribution in [2.24, 2.45) is 0 Å². The van der Waals surface area contributed by atoms with Gasteiger partial charge in [-0.05, 0) is 31.2 Å². The van der Waals surface area contributed by atoms with E-state index in [4.69, 9.17) is 21.4 Å². The molecular weight excluding hydrogens is 267 g/mol. The molecule has 0 atom stereocenters. The quantitative estimate of drug-likeness (QED) is 0.508. The summed E-state index contributed by atoms with van der Waals surface area (Å²) in [6.07, 6.45) is 0.667. The van der Waals surface area contributed by atoms with Crippen LogP contribution in [-0.2, 0) is 4.79 Å². The number of aliphatic carboxylic acids is 1. The summed E-state index contributed by atoms with van der Waals surface area (Å²) in [4.78, 5) is 22.0. The zero-order valence-electron chi connectivity index (χ0n) is 10.1. The van der Waals surface area contributed by atoms with Gasteiger partial charge in [-0.3, -0.25) is 4.79 Å². The Kier molecular flexibility index (Phi) is 7.95. The Morgan fingerprint density at radius 2 is 1.89 bits per heavy atom. The smallest absolute Gasteiger partial charge is 0.329 e. The number of Topliss-reactive ketones (excluding diaryl/α,β-unsaturated/α-hetero) is 1. The van der Waals surface area contributed by atoms with Crippen LogP contribution in [0.2, 0.25) is 0 Å². The normalized spacial score (nSPS) is 10.4. The summed E-state index contributed by atoms with van der Waals surface area (Å²) in [7, 11) is 0. The summed E-state index contributed by atoms with van der Waals surface area (Å²) < 4.78 is 5.21. The van der Waals surface area contributed by atoms with Gasteiger partial charge in [0.25, 0.3) is 0 Å². The average molecular weight is 278 g/mol. The van der Waals surface area contributed by atoms with Crippen LogP contribution in [0.25, 0.3) is 0 Å². The van der Waals surface area contributed by atoms with Crippen LogP contribution in [0.3, 0.4) is 0 Å². The minimum Gasteiger partial charge on any atom is -0.494 e. The van der Waals surface area contributed by atoms with Gasteiger partial charge >= 0.3 is 5.97 Å². The maximum absolute atomic E-state index is 11.6. The Balaban J connectivity index is 0.00000289. The Hall–Kier alpha value is -0.810. The van der Waals surface area contributed by atoms with Crippen molar-refractivity contribution in [1.82, 2.24) is 0 Å². The largest absolute Gasteiger partial charge is 0.494 e. The fraction of sp³-hybridized carbons (Fsp3) is 0.167. The molecule has 0 aliphatic carbocycles. The number of carboxylic acids is 1. The van der Waals surface area contributed by atoms with Crippen molar-refractivity contribution in [3.63, 3.8) is 0 Å². The third kappa shape index (κ3) is 5.23. The van der Waals surface area contributed by atoms with E-state index in [0.717, 1.165) is 0 Å². The number of hydrogen-bond acceptors (Lipinski definition) is 3. The first-order valence-corrected chi connectivity index (χ1v) is 5.30. The van der Waals surface area contributed by atoms with Crippen LogP contribution >= 0.6 is 11.6 Å². The fourth-order valence-electron chi connectivity index (χ4n) is 1.18. The van der Waals surface area contributed by atoms with Crippen LogP contribution in [0.5, 0.6) is 5.75 Å². The predicted molar refractivity (Wildman–Crippen MR) is 69.3 cm³/mol. The number of carbonyl (C=O) groups is 2. The molecule has 1 radical (unpaired) electrons. The number of hydrogen-bond donors (Lipinski definition) is 1. The van der Waals surface area contributed by atoms with Crippen molar-refractivity contribution in [1.29, 1.82) is 0 Å². The van der Waals surface area contributed by atoms with Gasteiger partial charge in [0.05, 0.1) is 11.6 Å². The van der Waals surface area contributed by atoms with E-state index in [-0.39, 0.29) is 34.6 Å².